The van der Waals surface area contributed by atoms with Crippen LogP contribution in [0.2, 0.25) is 0 Å². The zero-order chi connectivity index (χ0) is 13.7. The van der Waals surface area contributed by atoms with E-state index in [2.05, 4.69) is 17.1 Å². The molecule has 1 aromatic rings. The van der Waals surface area contributed by atoms with Gasteiger partial charge in [-0.1, -0.05) is 13.0 Å². The largest absolute Gasteiger partial charge is 0.381 e. The van der Waals surface area contributed by atoms with Crippen LogP contribution in [0.1, 0.15) is 31.7 Å². The summed E-state index contributed by atoms with van der Waals surface area (Å²) in [5.41, 5.74) is 0.745. The van der Waals surface area contributed by atoms with E-state index < -0.39 is 5.82 Å². The Kier molecular flexibility index (Phi) is 4.75. The molecule has 0 radical (unpaired) electrons. The summed E-state index contributed by atoms with van der Waals surface area (Å²) in [4.78, 5) is 2.45. The molecule has 0 unspecified atom stereocenters. The number of hydrogen-bond acceptors (Lipinski definition) is 3. The summed E-state index contributed by atoms with van der Waals surface area (Å²) in [5.74, 6) is -0.448. The minimum Gasteiger partial charge on any atom is -0.381 e. The van der Waals surface area contributed by atoms with Gasteiger partial charge in [-0.25, -0.2) is 4.39 Å². The van der Waals surface area contributed by atoms with Crippen molar-refractivity contribution in [3.05, 3.63) is 29.6 Å². The van der Waals surface area contributed by atoms with Crippen LogP contribution in [0.15, 0.2) is 18.2 Å². The van der Waals surface area contributed by atoms with Gasteiger partial charge >= 0.3 is 0 Å². The predicted octanol–water partition coefficient (Wildman–Crippen LogP) is 2.98. The van der Waals surface area contributed by atoms with E-state index in [1.165, 1.54) is 12.5 Å². The summed E-state index contributed by atoms with van der Waals surface area (Å²) in [5, 5.41) is 12.3. The lowest BCUT2D eigenvalue weighted by Gasteiger charge is -2.32. The number of nitrogens with one attached hydrogen (secondary N) is 1. The minimum atomic E-state index is -0.448. The Bertz CT molecular complexity index is 459. The molecular weight excluding hydrogens is 241 g/mol. The topological polar surface area (TPSA) is 39.1 Å². The van der Waals surface area contributed by atoms with Crippen molar-refractivity contribution in [2.24, 2.45) is 0 Å². The number of nitriles is 1. The van der Waals surface area contributed by atoms with Crippen LogP contribution in [-0.4, -0.2) is 30.6 Å². The summed E-state index contributed by atoms with van der Waals surface area (Å²) in [6, 6.07) is 7.02. The maximum absolute atomic E-state index is 13.5. The van der Waals surface area contributed by atoms with Gasteiger partial charge < -0.3 is 10.2 Å². The Hall–Kier alpha value is -1.60. The average Bonchev–Trinajstić information content (AvgIpc) is 2.42. The van der Waals surface area contributed by atoms with Gasteiger partial charge in [0.15, 0.2) is 0 Å². The Balaban J connectivity index is 1.96. The van der Waals surface area contributed by atoms with Crippen LogP contribution in [0.3, 0.4) is 0 Å². The van der Waals surface area contributed by atoms with Gasteiger partial charge in [0.25, 0.3) is 0 Å². The van der Waals surface area contributed by atoms with Gasteiger partial charge in [0.2, 0.25) is 0 Å². The predicted molar refractivity (Wildman–Crippen MR) is 74.5 cm³/mol. The normalized spacial score (nSPS) is 17.1. The molecule has 0 aromatic heterocycles. The van der Waals surface area contributed by atoms with Gasteiger partial charge in [-0.15, -0.1) is 0 Å². The van der Waals surface area contributed by atoms with E-state index >= 15 is 0 Å². The second kappa shape index (κ2) is 6.53. The summed E-state index contributed by atoms with van der Waals surface area (Å²) < 4.78 is 13.5. The Morgan fingerprint density at radius 2 is 2.16 bits per heavy atom. The van der Waals surface area contributed by atoms with Gasteiger partial charge in [0.1, 0.15) is 17.4 Å². The molecule has 1 N–H and O–H groups in total. The summed E-state index contributed by atoms with van der Waals surface area (Å²) in [7, 11) is 0. The standard InChI is InChI=1S/C15H20FN3/c1-2-8-19-9-6-12(7-10-19)18-15-5-3-4-14(16)13(15)11-17/h3-5,12,18H,2,6-10H2,1H3. The smallest absolute Gasteiger partial charge is 0.143 e. The van der Waals surface area contributed by atoms with Crippen molar-refractivity contribution in [1.82, 2.24) is 4.90 Å². The molecule has 4 heteroatoms. The van der Waals surface area contributed by atoms with Gasteiger partial charge in [-0.3, -0.25) is 0 Å². The minimum absolute atomic E-state index is 0.124. The Morgan fingerprint density at radius 3 is 2.79 bits per heavy atom. The zero-order valence-electron chi connectivity index (χ0n) is 11.3. The maximum atomic E-state index is 13.5. The molecule has 1 fully saturated rings. The molecule has 3 nitrogen and oxygen atoms in total. The number of benzene rings is 1. The van der Waals surface area contributed by atoms with E-state index in [1.807, 2.05) is 6.07 Å². The highest BCUT2D eigenvalue weighted by molar-refractivity contribution is 5.58. The Morgan fingerprint density at radius 1 is 1.42 bits per heavy atom. The van der Waals surface area contributed by atoms with Gasteiger partial charge in [-0.2, -0.15) is 5.26 Å². The highest BCUT2D eigenvalue weighted by Gasteiger charge is 2.19. The van der Waals surface area contributed by atoms with Gasteiger partial charge in [-0.05, 0) is 37.9 Å². The molecular formula is C15H20FN3. The maximum Gasteiger partial charge on any atom is 0.143 e. The number of piperidine rings is 1. The van der Waals surface area contributed by atoms with Crippen LogP contribution in [0.25, 0.3) is 0 Å². The molecule has 0 bridgehead atoms. The number of anilines is 1. The third-order valence-corrected chi connectivity index (χ3v) is 3.61. The van der Waals surface area contributed by atoms with Crippen molar-refractivity contribution in [2.45, 2.75) is 32.2 Å². The third-order valence-electron chi connectivity index (χ3n) is 3.61. The van der Waals surface area contributed by atoms with Crippen molar-refractivity contribution in [3.8, 4) is 6.07 Å². The molecule has 19 heavy (non-hydrogen) atoms. The van der Waals surface area contributed by atoms with Crippen molar-refractivity contribution in [1.29, 1.82) is 5.26 Å². The highest BCUT2D eigenvalue weighted by Crippen LogP contribution is 2.22. The van der Waals surface area contributed by atoms with Crippen LogP contribution >= 0.6 is 0 Å². The van der Waals surface area contributed by atoms with Crippen molar-refractivity contribution in [2.75, 3.05) is 25.0 Å². The first kappa shape index (κ1) is 13.8. The molecule has 1 aliphatic heterocycles. The van der Waals surface area contributed by atoms with E-state index in [4.69, 9.17) is 5.26 Å². The lowest BCUT2D eigenvalue weighted by Crippen LogP contribution is -2.39. The SMILES string of the molecule is CCCN1CCC(Nc2cccc(F)c2C#N)CC1. The van der Waals surface area contributed by atoms with Crippen LogP contribution in [-0.2, 0) is 0 Å². The van der Waals surface area contributed by atoms with Crippen LogP contribution in [0, 0.1) is 17.1 Å². The van der Waals surface area contributed by atoms with Crippen molar-refractivity contribution >= 4 is 5.69 Å². The van der Waals surface area contributed by atoms with E-state index in [9.17, 15) is 4.39 Å². The number of likely N-dealkylation sites (tertiary alicyclic amines) is 1. The van der Waals surface area contributed by atoms with E-state index in [0.717, 1.165) is 32.5 Å². The lowest BCUT2D eigenvalue weighted by atomic mass is 10.0. The quantitative estimate of drug-likeness (QED) is 0.905. The lowest BCUT2D eigenvalue weighted by molar-refractivity contribution is 0.219. The summed E-state index contributed by atoms with van der Waals surface area (Å²) in [6.45, 7) is 5.48. The molecule has 0 atom stereocenters. The number of nitrogens with zero attached hydrogens (tertiary/aromatic N) is 2. The second-order valence-electron chi connectivity index (χ2n) is 5.03. The first-order valence-electron chi connectivity index (χ1n) is 6.92. The summed E-state index contributed by atoms with van der Waals surface area (Å²) >= 11 is 0. The monoisotopic (exact) mass is 261 g/mol. The molecule has 102 valence electrons. The third kappa shape index (κ3) is 3.45. The molecule has 1 heterocycles. The fraction of sp³-hybridized carbons (Fsp3) is 0.533. The average molecular weight is 261 g/mol. The van der Waals surface area contributed by atoms with Gasteiger partial charge in [0, 0.05) is 19.1 Å². The number of hydrogen-bond donors (Lipinski definition) is 1. The first-order chi connectivity index (χ1) is 9.24. The summed E-state index contributed by atoms with van der Waals surface area (Å²) in [6.07, 6.45) is 3.27. The fourth-order valence-corrected chi connectivity index (χ4v) is 2.60. The van der Waals surface area contributed by atoms with Gasteiger partial charge in [0.05, 0.1) is 5.69 Å². The molecule has 1 saturated heterocycles. The van der Waals surface area contributed by atoms with Crippen molar-refractivity contribution in [3.63, 3.8) is 0 Å². The molecule has 0 saturated carbocycles. The molecule has 1 aliphatic rings. The Labute approximate surface area is 114 Å². The zero-order valence-corrected chi connectivity index (χ0v) is 11.3. The van der Waals surface area contributed by atoms with E-state index in [0.29, 0.717) is 11.7 Å². The molecule has 1 aromatic carbocycles. The molecule has 0 amide bonds. The van der Waals surface area contributed by atoms with Crippen molar-refractivity contribution < 1.29 is 4.39 Å². The van der Waals surface area contributed by atoms with Crippen LogP contribution in [0.4, 0.5) is 10.1 Å². The number of halogens is 1. The van der Waals surface area contributed by atoms with E-state index in [1.54, 1.807) is 12.1 Å². The first-order valence-corrected chi connectivity index (χ1v) is 6.92. The molecule has 2 rings (SSSR count). The number of rotatable bonds is 4. The van der Waals surface area contributed by atoms with Crippen LogP contribution < -0.4 is 5.32 Å². The molecule has 0 spiro atoms. The molecule has 0 aliphatic carbocycles. The second-order valence-corrected chi connectivity index (χ2v) is 5.03. The fourth-order valence-electron chi connectivity index (χ4n) is 2.60. The highest BCUT2D eigenvalue weighted by atomic mass is 19.1. The van der Waals surface area contributed by atoms with E-state index in [-0.39, 0.29) is 5.56 Å². The van der Waals surface area contributed by atoms with Crippen LogP contribution in [0.5, 0.6) is 0 Å².